The van der Waals surface area contributed by atoms with Gasteiger partial charge in [-0.15, -0.1) is 0 Å². The Kier molecular flexibility index (Phi) is 2.58. The molecule has 0 aromatic carbocycles. The molecule has 3 nitrogen and oxygen atoms in total. The minimum absolute atomic E-state index is 0.182. The van der Waals surface area contributed by atoms with E-state index in [4.69, 9.17) is 4.74 Å². The first-order valence-corrected chi connectivity index (χ1v) is 5.21. The Labute approximate surface area is 80.4 Å². The SMILES string of the molecule is COC1(C2CCN(C)CC2)CNC1. The van der Waals surface area contributed by atoms with Crippen LogP contribution in [0.1, 0.15) is 12.8 Å². The van der Waals surface area contributed by atoms with Crippen molar-refractivity contribution >= 4 is 0 Å². The molecule has 0 spiro atoms. The molecule has 0 amide bonds. The lowest BCUT2D eigenvalue weighted by molar-refractivity contribution is -0.108. The zero-order chi connectivity index (χ0) is 9.31. The van der Waals surface area contributed by atoms with Crippen molar-refractivity contribution in [1.29, 1.82) is 0 Å². The van der Waals surface area contributed by atoms with E-state index < -0.39 is 0 Å². The van der Waals surface area contributed by atoms with E-state index in [0.717, 1.165) is 19.0 Å². The molecule has 1 N–H and O–H groups in total. The van der Waals surface area contributed by atoms with Crippen molar-refractivity contribution in [3.8, 4) is 0 Å². The molecule has 2 aliphatic heterocycles. The molecular formula is C10H20N2O. The second-order valence-corrected chi connectivity index (χ2v) is 4.45. The van der Waals surface area contributed by atoms with E-state index in [9.17, 15) is 0 Å². The molecule has 0 atom stereocenters. The molecule has 0 unspecified atom stereocenters. The van der Waals surface area contributed by atoms with Gasteiger partial charge in [-0.3, -0.25) is 0 Å². The van der Waals surface area contributed by atoms with Crippen LogP contribution in [0.2, 0.25) is 0 Å². The maximum Gasteiger partial charge on any atom is 0.0954 e. The third kappa shape index (κ3) is 1.60. The van der Waals surface area contributed by atoms with Crippen LogP contribution in [0.25, 0.3) is 0 Å². The highest BCUT2D eigenvalue weighted by molar-refractivity contribution is 5.00. The standard InChI is InChI=1S/C10H20N2O/c1-12-5-3-9(4-6-12)10(13-2)7-11-8-10/h9,11H,3-8H2,1-2H3. The Morgan fingerprint density at radius 2 is 1.92 bits per heavy atom. The molecule has 0 aromatic rings. The zero-order valence-electron chi connectivity index (χ0n) is 8.68. The smallest absolute Gasteiger partial charge is 0.0954 e. The normalized spacial score (nSPS) is 30.0. The highest BCUT2D eigenvalue weighted by Gasteiger charge is 2.44. The number of nitrogens with one attached hydrogen (secondary N) is 1. The van der Waals surface area contributed by atoms with E-state index in [1.165, 1.54) is 25.9 Å². The monoisotopic (exact) mass is 184 g/mol. The molecule has 0 saturated carbocycles. The predicted octanol–water partition coefficient (Wildman–Crippen LogP) is 0.317. The zero-order valence-corrected chi connectivity index (χ0v) is 8.68. The Balaban J connectivity index is 1.92. The van der Waals surface area contributed by atoms with Crippen LogP contribution < -0.4 is 5.32 Å². The maximum absolute atomic E-state index is 5.67. The largest absolute Gasteiger partial charge is 0.375 e. The minimum Gasteiger partial charge on any atom is -0.375 e. The number of piperidine rings is 1. The van der Waals surface area contributed by atoms with Gasteiger partial charge in [-0.2, -0.15) is 0 Å². The molecular weight excluding hydrogens is 164 g/mol. The van der Waals surface area contributed by atoms with Gasteiger partial charge in [0.2, 0.25) is 0 Å². The number of methoxy groups -OCH3 is 1. The first-order valence-electron chi connectivity index (χ1n) is 5.21. The molecule has 0 bridgehead atoms. The van der Waals surface area contributed by atoms with Gasteiger partial charge < -0.3 is 15.0 Å². The van der Waals surface area contributed by atoms with Gasteiger partial charge in [0.1, 0.15) is 0 Å². The van der Waals surface area contributed by atoms with Crippen molar-refractivity contribution in [2.24, 2.45) is 5.92 Å². The van der Waals surface area contributed by atoms with Crippen LogP contribution in [-0.4, -0.2) is 50.8 Å². The summed E-state index contributed by atoms with van der Waals surface area (Å²) in [5.74, 6) is 0.773. The second kappa shape index (κ2) is 3.56. The van der Waals surface area contributed by atoms with Gasteiger partial charge in [-0.1, -0.05) is 0 Å². The molecule has 76 valence electrons. The summed E-state index contributed by atoms with van der Waals surface area (Å²) in [6.07, 6.45) is 2.60. The number of rotatable bonds is 2. The van der Waals surface area contributed by atoms with Gasteiger partial charge in [-0.05, 0) is 38.9 Å². The van der Waals surface area contributed by atoms with Gasteiger partial charge in [0.25, 0.3) is 0 Å². The molecule has 3 heteroatoms. The minimum atomic E-state index is 0.182. The van der Waals surface area contributed by atoms with Crippen LogP contribution in [0, 0.1) is 5.92 Å². The summed E-state index contributed by atoms with van der Waals surface area (Å²) in [4.78, 5) is 2.41. The number of ether oxygens (including phenoxy) is 1. The summed E-state index contributed by atoms with van der Waals surface area (Å²) in [5, 5.41) is 3.32. The maximum atomic E-state index is 5.67. The first-order chi connectivity index (χ1) is 6.27. The van der Waals surface area contributed by atoms with Gasteiger partial charge in [-0.25, -0.2) is 0 Å². The summed E-state index contributed by atoms with van der Waals surface area (Å²) >= 11 is 0. The van der Waals surface area contributed by atoms with Crippen molar-refractivity contribution in [2.45, 2.75) is 18.4 Å². The van der Waals surface area contributed by atoms with Crippen LogP contribution >= 0.6 is 0 Å². The van der Waals surface area contributed by atoms with Crippen molar-refractivity contribution in [3.63, 3.8) is 0 Å². The lowest BCUT2D eigenvalue weighted by atomic mass is 9.76. The third-order valence-electron chi connectivity index (χ3n) is 3.72. The quantitative estimate of drug-likeness (QED) is 0.669. The summed E-state index contributed by atoms with van der Waals surface area (Å²) in [6.45, 7) is 4.57. The van der Waals surface area contributed by atoms with Crippen molar-refractivity contribution in [2.75, 3.05) is 40.3 Å². The number of likely N-dealkylation sites (tertiary alicyclic amines) is 1. The Bertz CT molecular complexity index is 166. The Hall–Kier alpha value is -0.120. The summed E-state index contributed by atoms with van der Waals surface area (Å²) in [5.41, 5.74) is 0.182. The van der Waals surface area contributed by atoms with Gasteiger partial charge in [0.05, 0.1) is 5.60 Å². The number of hydrogen-bond donors (Lipinski definition) is 1. The summed E-state index contributed by atoms with van der Waals surface area (Å²) < 4.78 is 5.67. The first kappa shape index (κ1) is 9.44. The van der Waals surface area contributed by atoms with Crippen LogP contribution in [0.3, 0.4) is 0 Å². The van der Waals surface area contributed by atoms with Crippen LogP contribution in [0.5, 0.6) is 0 Å². The fraction of sp³-hybridized carbons (Fsp3) is 1.00. The van der Waals surface area contributed by atoms with Crippen molar-refractivity contribution < 1.29 is 4.74 Å². The highest BCUT2D eigenvalue weighted by Crippen LogP contribution is 2.33. The summed E-state index contributed by atoms with van der Waals surface area (Å²) in [6, 6.07) is 0. The van der Waals surface area contributed by atoms with Crippen LogP contribution in [0.4, 0.5) is 0 Å². The number of hydrogen-bond acceptors (Lipinski definition) is 3. The molecule has 2 aliphatic rings. The average Bonchev–Trinajstić information content (AvgIpc) is 2.07. The highest BCUT2D eigenvalue weighted by atomic mass is 16.5. The Morgan fingerprint density at radius 1 is 1.31 bits per heavy atom. The molecule has 2 fully saturated rings. The van der Waals surface area contributed by atoms with Gasteiger partial charge in [0, 0.05) is 20.2 Å². The van der Waals surface area contributed by atoms with E-state index in [0.29, 0.717) is 0 Å². The van der Waals surface area contributed by atoms with Gasteiger partial charge in [0.15, 0.2) is 0 Å². The van der Waals surface area contributed by atoms with E-state index in [-0.39, 0.29) is 5.60 Å². The van der Waals surface area contributed by atoms with Gasteiger partial charge >= 0.3 is 0 Å². The van der Waals surface area contributed by atoms with E-state index in [1.54, 1.807) is 0 Å². The third-order valence-corrected chi connectivity index (χ3v) is 3.72. The van der Waals surface area contributed by atoms with E-state index in [1.807, 2.05) is 7.11 Å². The second-order valence-electron chi connectivity index (χ2n) is 4.45. The molecule has 2 saturated heterocycles. The molecule has 2 heterocycles. The fourth-order valence-electron chi connectivity index (χ4n) is 2.51. The van der Waals surface area contributed by atoms with Crippen molar-refractivity contribution in [1.82, 2.24) is 10.2 Å². The molecule has 0 radical (unpaired) electrons. The topological polar surface area (TPSA) is 24.5 Å². The van der Waals surface area contributed by atoms with E-state index >= 15 is 0 Å². The average molecular weight is 184 g/mol. The van der Waals surface area contributed by atoms with Crippen LogP contribution in [-0.2, 0) is 4.74 Å². The van der Waals surface area contributed by atoms with Crippen LogP contribution in [0.15, 0.2) is 0 Å². The number of nitrogens with zero attached hydrogens (tertiary/aromatic N) is 1. The summed E-state index contributed by atoms with van der Waals surface area (Å²) in [7, 11) is 4.06. The lowest BCUT2D eigenvalue weighted by Gasteiger charge is -2.49. The predicted molar refractivity (Wildman–Crippen MR) is 52.8 cm³/mol. The molecule has 13 heavy (non-hydrogen) atoms. The molecule has 0 aromatic heterocycles. The fourth-order valence-corrected chi connectivity index (χ4v) is 2.51. The molecule has 0 aliphatic carbocycles. The van der Waals surface area contributed by atoms with Crippen molar-refractivity contribution in [3.05, 3.63) is 0 Å². The molecule has 2 rings (SSSR count). The lowest BCUT2D eigenvalue weighted by Crippen LogP contribution is -2.65. The Morgan fingerprint density at radius 3 is 2.31 bits per heavy atom. The van der Waals surface area contributed by atoms with E-state index in [2.05, 4.69) is 17.3 Å².